The minimum atomic E-state index is 0.489. The van der Waals surface area contributed by atoms with Crippen LogP contribution in [0.4, 0.5) is 5.69 Å². The summed E-state index contributed by atoms with van der Waals surface area (Å²) in [4.78, 5) is 0. The third-order valence-corrected chi connectivity index (χ3v) is 3.88. The van der Waals surface area contributed by atoms with E-state index < -0.39 is 0 Å². The Kier molecular flexibility index (Phi) is 3.14. The predicted molar refractivity (Wildman–Crippen MR) is 66.2 cm³/mol. The average Bonchev–Trinajstić information content (AvgIpc) is 2.66. The maximum Gasteiger partial charge on any atom is 0.0603 e. The summed E-state index contributed by atoms with van der Waals surface area (Å²) >= 11 is 6.92. The zero-order valence-corrected chi connectivity index (χ0v) is 10.9. The van der Waals surface area contributed by atoms with E-state index in [1.54, 1.807) is 0 Å². The number of rotatable bonds is 1. The molecule has 0 amide bonds. The van der Waals surface area contributed by atoms with E-state index in [2.05, 4.69) is 49.3 Å². The van der Waals surface area contributed by atoms with Gasteiger partial charge >= 0.3 is 0 Å². The molecular weight excluding hydrogens is 308 g/mol. The summed E-state index contributed by atoms with van der Waals surface area (Å²) in [6.45, 7) is 1.12. The lowest BCUT2D eigenvalue weighted by Gasteiger charge is -2.13. The van der Waals surface area contributed by atoms with Crippen LogP contribution in [0, 0.1) is 0 Å². The van der Waals surface area contributed by atoms with Gasteiger partial charge in [0.15, 0.2) is 0 Å². The molecule has 0 saturated carbocycles. The first-order chi connectivity index (χ1) is 6.68. The maximum absolute atomic E-state index is 5.84. The molecule has 0 spiro atoms. The summed E-state index contributed by atoms with van der Waals surface area (Å²) in [6, 6.07) is 4.69. The number of hydrogen-bond acceptors (Lipinski definition) is 2. The first kappa shape index (κ1) is 10.5. The molecule has 0 bridgehead atoms. The normalized spacial score (nSPS) is 21.4. The summed E-state index contributed by atoms with van der Waals surface area (Å²) in [7, 11) is 0. The van der Waals surface area contributed by atoms with Gasteiger partial charge in [-0.3, -0.25) is 0 Å². The van der Waals surface area contributed by atoms with Crippen LogP contribution in [-0.4, -0.2) is 6.54 Å². The van der Waals surface area contributed by atoms with Crippen LogP contribution in [-0.2, 0) is 0 Å². The fourth-order valence-electron chi connectivity index (χ4n) is 1.77. The van der Waals surface area contributed by atoms with Gasteiger partial charge in [-0.15, -0.1) is 0 Å². The molecule has 0 radical (unpaired) electrons. The molecule has 14 heavy (non-hydrogen) atoms. The van der Waals surface area contributed by atoms with E-state index in [1.165, 1.54) is 18.4 Å². The second-order valence-electron chi connectivity index (χ2n) is 3.55. The second-order valence-corrected chi connectivity index (χ2v) is 5.26. The van der Waals surface area contributed by atoms with Gasteiger partial charge in [0.05, 0.1) is 5.69 Å². The Morgan fingerprint density at radius 3 is 2.43 bits per heavy atom. The minimum absolute atomic E-state index is 0.489. The van der Waals surface area contributed by atoms with E-state index in [0.717, 1.165) is 21.2 Å². The van der Waals surface area contributed by atoms with Gasteiger partial charge in [0.2, 0.25) is 0 Å². The van der Waals surface area contributed by atoms with Gasteiger partial charge in [0, 0.05) is 15.0 Å². The number of anilines is 1. The van der Waals surface area contributed by atoms with Crippen molar-refractivity contribution in [3.8, 4) is 0 Å². The fraction of sp³-hybridized carbons (Fsp3) is 0.400. The van der Waals surface area contributed by atoms with E-state index in [0.29, 0.717) is 6.04 Å². The molecule has 1 heterocycles. The number of halogens is 2. The molecule has 0 unspecified atom stereocenters. The lowest BCUT2D eigenvalue weighted by molar-refractivity contribution is 0.647. The molecule has 0 aliphatic carbocycles. The largest absolute Gasteiger partial charge is 0.397 e. The van der Waals surface area contributed by atoms with Crippen LogP contribution in [0.15, 0.2) is 21.1 Å². The van der Waals surface area contributed by atoms with Crippen molar-refractivity contribution >= 4 is 37.5 Å². The van der Waals surface area contributed by atoms with E-state index in [9.17, 15) is 0 Å². The predicted octanol–water partition coefficient (Wildman–Crippen LogP) is 3.22. The number of nitrogen functional groups attached to an aromatic ring is 1. The number of benzene rings is 1. The Morgan fingerprint density at radius 1 is 1.29 bits per heavy atom. The Hall–Kier alpha value is -0.0600. The average molecular weight is 320 g/mol. The van der Waals surface area contributed by atoms with Crippen LogP contribution in [0.5, 0.6) is 0 Å². The van der Waals surface area contributed by atoms with Gasteiger partial charge < -0.3 is 11.1 Å². The standard InChI is InChI=1S/C10H12Br2N2/c11-7-4-6(5-8(12)10(7)13)9-2-1-3-14-9/h4-5,9,14H,1-3,13H2/t9-/m1/s1. The first-order valence-electron chi connectivity index (χ1n) is 4.66. The smallest absolute Gasteiger partial charge is 0.0603 e. The topological polar surface area (TPSA) is 38.0 Å². The molecule has 76 valence electrons. The Balaban J connectivity index is 2.34. The zero-order valence-electron chi connectivity index (χ0n) is 7.69. The van der Waals surface area contributed by atoms with Crippen LogP contribution in [0.2, 0.25) is 0 Å². The van der Waals surface area contributed by atoms with Crippen molar-refractivity contribution in [1.82, 2.24) is 5.32 Å². The summed E-state index contributed by atoms with van der Waals surface area (Å²) in [5.41, 5.74) is 7.91. The summed E-state index contributed by atoms with van der Waals surface area (Å²) < 4.78 is 1.94. The Labute approximate surface area is 101 Å². The molecular formula is C10H12Br2N2. The molecule has 1 atom stereocenters. The third kappa shape index (κ3) is 1.97. The first-order valence-corrected chi connectivity index (χ1v) is 6.25. The fourth-order valence-corrected chi connectivity index (χ4v) is 3.00. The van der Waals surface area contributed by atoms with E-state index >= 15 is 0 Å². The monoisotopic (exact) mass is 318 g/mol. The van der Waals surface area contributed by atoms with E-state index in [4.69, 9.17) is 5.73 Å². The third-order valence-electron chi connectivity index (χ3n) is 2.56. The molecule has 4 heteroatoms. The van der Waals surface area contributed by atoms with Gasteiger partial charge in [0.25, 0.3) is 0 Å². The molecule has 1 saturated heterocycles. The van der Waals surface area contributed by atoms with Crippen LogP contribution in [0.1, 0.15) is 24.4 Å². The van der Waals surface area contributed by atoms with Crippen LogP contribution < -0.4 is 11.1 Å². The molecule has 2 rings (SSSR count). The van der Waals surface area contributed by atoms with Crippen LogP contribution in [0.3, 0.4) is 0 Å². The van der Waals surface area contributed by atoms with E-state index in [1.807, 2.05) is 0 Å². The summed E-state index contributed by atoms with van der Waals surface area (Å²) in [6.07, 6.45) is 2.47. The molecule has 0 aromatic heterocycles. The van der Waals surface area contributed by atoms with Gasteiger partial charge in [0.1, 0.15) is 0 Å². The van der Waals surface area contributed by atoms with Crippen molar-refractivity contribution in [3.05, 3.63) is 26.6 Å². The molecule has 1 aliphatic rings. The van der Waals surface area contributed by atoms with E-state index in [-0.39, 0.29) is 0 Å². The lowest BCUT2D eigenvalue weighted by Crippen LogP contribution is -2.13. The van der Waals surface area contributed by atoms with Crippen LogP contribution in [0.25, 0.3) is 0 Å². The van der Waals surface area contributed by atoms with Crippen molar-refractivity contribution in [2.75, 3.05) is 12.3 Å². The van der Waals surface area contributed by atoms with Gasteiger partial charge in [-0.2, -0.15) is 0 Å². The molecule has 1 aromatic carbocycles. The maximum atomic E-state index is 5.84. The molecule has 1 fully saturated rings. The van der Waals surface area contributed by atoms with Crippen molar-refractivity contribution in [2.24, 2.45) is 0 Å². The highest BCUT2D eigenvalue weighted by Gasteiger charge is 2.17. The number of hydrogen-bond donors (Lipinski definition) is 2. The van der Waals surface area contributed by atoms with Gasteiger partial charge in [-0.25, -0.2) is 0 Å². The Bertz CT molecular complexity index is 323. The SMILES string of the molecule is Nc1c(Br)cc([C@H]2CCCN2)cc1Br. The number of nitrogens with two attached hydrogens (primary N) is 1. The van der Waals surface area contributed by atoms with Crippen molar-refractivity contribution in [2.45, 2.75) is 18.9 Å². The van der Waals surface area contributed by atoms with Gasteiger partial charge in [-0.1, -0.05) is 0 Å². The van der Waals surface area contributed by atoms with Crippen molar-refractivity contribution in [1.29, 1.82) is 0 Å². The zero-order chi connectivity index (χ0) is 10.1. The molecule has 1 aromatic rings. The minimum Gasteiger partial charge on any atom is -0.397 e. The quantitative estimate of drug-likeness (QED) is 0.780. The number of nitrogens with one attached hydrogen (secondary N) is 1. The lowest BCUT2D eigenvalue weighted by atomic mass is 10.1. The molecule has 3 N–H and O–H groups in total. The Morgan fingerprint density at radius 2 is 1.93 bits per heavy atom. The highest BCUT2D eigenvalue weighted by atomic mass is 79.9. The molecule has 2 nitrogen and oxygen atoms in total. The summed E-state index contributed by atoms with van der Waals surface area (Å²) in [5, 5.41) is 3.46. The van der Waals surface area contributed by atoms with Crippen molar-refractivity contribution in [3.63, 3.8) is 0 Å². The van der Waals surface area contributed by atoms with Gasteiger partial charge in [-0.05, 0) is 68.9 Å². The molecule has 1 aliphatic heterocycles. The summed E-state index contributed by atoms with van der Waals surface area (Å²) in [5.74, 6) is 0. The highest BCUT2D eigenvalue weighted by Crippen LogP contribution is 2.33. The second kappa shape index (κ2) is 4.21. The highest BCUT2D eigenvalue weighted by molar-refractivity contribution is 9.11. The van der Waals surface area contributed by atoms with Crippen molar-refractivity contribution < 1.29 is 0 Å². The van der Waals surface area contributed by atoms with Crippen LogP contribution >= 0.6 is 31.9 Å².